The number of benzene rings is 1. The van der Waals surface area contributed by atoms with Gasteiger partial charge in [0.25, 0.3) is 0 Å². The summed E-state index contributed by atoms with van der Waals surface area (Å²) in [4.78, 5) is 4.56. The fraction of sp³-hybridized carbons (Fsp3) is 0.611. The van der Waals surface area contributed by atoms with E-state index in [1.54, 1.807) is 21.3 Å². The number of aliphatic imine (C=N–C) groups is 1. The van der Waals surface area contributed by atoms with E-state index in [4.69, 9.17) is 14.2 Å². The van der Waals surface area contributed by atoms with Crippen LogP contribution in [0.25, 0.3) is 0 Å². The van der Waals surface area contributed by atoms with Crippen molar-refractivity contribution in [2.45, 2.75) is 33.1 Å². The second-order valence-electron chi connectivity index (χ2n) is 5.28. The summed E-state index contributed by atoms with van der Waals surface area (Å²) in [6, 6.07) is 3.90. The van der Waals surface area contributed by atoms with Crippen LogP contribution in [-0.4, -0.2) is 46.9 Å². The van der Waals surface area contributed by atoms with Gasteiger partial charge in [-0.1, -0.05) is 19.4 Å². The Morgan fingerprint density at radius 1 is 1.00 bits per heavy atom. The molecule has 24 heavy (non-hydrogen) atoms. The zero-order valence-electron chi connectivity index (χ0n) is 15.6. The predicted octanol–water partition coefficient (Wildman–Crippen LogP) is 2.61. The summed E-state index contributed by atoms with van der Waals surface area (Å²) in [7, 11) is 4.88. The number of hydrogen-bond donors (Lipinski definition) is 2. The summed E-state index contributed by atoms with van der Waals surface area (Å²) >= 11 is 0. The molecule has 0 spiro atoms. The monoisotopic (exact) mass is 337 g/mol. The highest BCUT2D eigenvalue weighted by atomic mass is 16.5. The van der Waals surface area contributed by atoms with Crippen molar-refractivity contribution >= 4 is 5.96 Å². The van der Waals surface area contributed by atoms with Gasteiger partial charge in [0.15, 0.2) is 17.5 Å². The Balaban J connectivity index is 2.73. The molecule has 1 rings (SSSR count). The molecule has 0 heterocycles. The number of ether oxygens (including phenoxy) is 3. The van der Waals surface area contributed by atoms with E-state index < -0.39 is 0 Å². The van der Waals surface area contributed by atoms with Gasteiger partial charge in [-0.2, -0.15) is 0 Å². The van der Waals surface area contributed by atoms with Crippen LogP contribution in [0.5, 0.6) is 17.2 Å². The molecule has 0 saturated heterocycles. The molecule has 0 saturated carbocycles. The van der Waals surface area contributed by atoms with E-state index in [9.17, 15) is 0 Å². The molecular weight excluding hydrogens is 306 g/mol. The lowest BCUT2D eigenvalue weighted by Gasteiger charge is -2.16. The quantitative estimate of drug-likeness (QED) is 0.390. The normalized spacial score (nSPS) is 11.1. The van der Waals surface area contributed by atoms with Crippen molar-refractivity contribution in [3.8, 4) is 17.2 Å². The molecule has 0 aliphatic heterocycles. The summed E-state index contributed by atoms with van der Waals surface area (Å²) in [6.07, 6.45) is 3.04. The average molecular weight is 337 g/mol. The molecule has 136 valence electrons. The number of hydrogen-bond acceptors (Lipinski definition) is 4. The van der Waals surface area contributed by atoms with Gasteiger partial charge in [0, 0.05) is 25.2 Å². The lowest BCUT2D eigenvalue weighted by molar-refractivity contribution is 0.322. The second-order valence-corrected chi connectivity index (χ2v) is 5.28. The lowest BCUT2D eigenvalue weighted by Crippen LogP contribution is -2.38. The highest BCUT2D eigenvalue weighted by Crippen LogP contribution is 2.39. The average Bonchev–Trinajstić information content (AvgIpc) is 2.61. The van der Waals surface area contributed by atoms with Crippen molar-refractivity contribution in [2.75, 3.05) is 41.0 Å². The molecule has 0 bridgehead atoms. The Labute approximate surface area is 145 Å². The molecule has 2 N–H and O–H groups in total. The first-order valence-electron chi connectivity index (χ1n) is 8.51. The summed E-state index contributed by atoms with van der Waals surface area (Å²) in [5, 5.41) is 6.62. The van der Waals surface area contributed by atoms with E-state index in [-0.39, 0.29) is 0 Å². The van der Waals surface area contributed by atoms with Crippen LogP contribution in [0.2, 0.25) is 0 Å². The molecular formula is C18H31N3O3. The SMILES string of the molecule is CCCCN=C(NCC)NCCc1ccc(OC)c(OC)c1OC. The summed E-state index contributed by atoms with van der Waals surface area (Å²) in [6.45, 7) is 6.67. The van der Waals surface area contributed by atoms with E-state index in [2.05, 4.69) is 29.5 Å². The van der Waals surface area contributed by atoms with E-state index in [1.165, 1.54) is 0 Å². The summed E-state index contributed by atoms with van der Waals surface area (Å²) < 4.78 is 16.3. The first kappa shape index (κ1) is 19.9. The van der Waals surface area contributed by atoms with Crippen LogP contribution in [0.3, 0.4) is 0 Å². The first-order chi connectivity index (χ1) is 11.7. The van der Waals surface area contributed by atoms with Crippen LogP contribution < -0.4 is 24.8 Å². The Morgan fingerprint density at radius 2 is 1.75 bits per heavy atom. The maximum absolute atomic E-state index is 5.52. The summed E-state index contributed by atoms with van der Waals surface area (Å²) in [5.74, 6) is 2.86. The van der Waals surface area contributed by atoms with E-state index in [0.717, 1.165) is 50.4 Å². The van der Waals surface area contributed by atoms with Crippen molar-refractivity contribution in [3.63, 3.8) is 0 Å². The highest BCUT2D eigenvalue weighted by molar-refractivity contribution is 5.79. The Bertz CT molecular complexity index is 518. The van der Waals surface area contributed by atoms with Gasteiger partial charge in [-0.3, -0.25) is 4.99 Å². The molecule has 0 aromatic heterocycles. The fourth-order valence-electron chi connectivity index (χ4n) is 2.37. The van der Waals surface area contributed by atoms with Crippen LogP contribution in [0.15, 0.2) is 17.1 Å². The number of rotatable bonds is 10. The van der Waals surface area contributed by atoms with Gasteiger partial charge in [0.2, 0.25) is 5.75 Å². The van der Waals surface area contributed by atoms with Crippen LogP contribution in [0.1, 0.15) is 32.3 Å². The lowest BCUT2D eigenvalue weighted by atomic mass is 10.1. The molecule has 1 aromatic carbocycles. The second kappa shape index (κ2) is 11.4. The molecule has 0 radical (unpaired) electrons. The largest absolute Gasteiger partial charge is 0.493 e. The predicted molar refractivity (Wildman–Crippen MR) is 98.7 cm³/mol. The molecule has 6 nitrogen and oxygen atoms in total. The third kappa shape index (κ3) is 5.83. The van der Waals surface area contributed by atoms with Gasteiger partial charge >= 0.3 is 0 Å². The minimum absolute atomic E-state index is 0.626. The van der Waals surface area contributed by atoms with Crippen molar-refractivity contribution in [1.82, 2.24) is 10.6 Å². The maximum atomic E-state index is 5.52. The van der Waals surface area contributed by atoms with Crippen LogP contribution in [0, 0.1) is 0 Å². The molecule has 0 atom stereocenters. The Morgan fingerprint density at radius 3 is 2.33 bits per heavy atom. The van der Waals surface area contributed by atoms with Gasteiger partial charge in [-0.25, -0.2) is 0 Å². The van der Waals surface area contributed by atoms with Crippen molar-refractivity contribution in [2.24, 2.45) is 4.99 Å². The van der Waals surface area contributed by atoms with Gasteiger partial charge < -0.3 is 24.8 Å². The Kier molecular flexibility index (Phi) is 9.49. The van der Waals surface area contributed by atoms with Crippen LogP contribution >= 0.6 is 0 Å². The molecule has 0 amide bonds. The van der Waals surface area contributed by atoms with Crippen molar-refractivity contribution in [3.05, 3.63) is 17.7 Å². The zero-order valence-corrected chi connectivity index (χ0v) is 15.6. The minimum atomic E-state index is 0.626. The fourth-order valence-corrected chi connectivity index (χ4v) is 2.37. The van der Waals surface area contributed by atoms with E-state index in [0.29, 0.717) is 17.2 Å². The topological polar surface area (TPSA) is 64.1 Å². The molecule has 1 aromatic rings. The molecule has 0 aliphatic carbocycles. The van der Waals surface area contributed by atoms with Crippen LogP contribution in [-0.2, 0) is 6.42 Å². The zero-order chi connectivity index (χ0) is 17.8. The highest BCUT2D eigenvalue weighted by Gasteiger charge is 2.15. The number of guanidine groups is 1. The number of unbranched alkanes of at least 4 members (excludes halogenated alkanes) is 1. The van der Waals surface area contributed by atoms with E-state index >= 15 is 0 Å². The first-order valence-corrected chi connectivity index (χ1v) is 8.51. The summed E-state index contributed by atoms with van der Waals surface area (Å²) in [5.41, 5.74) is 1.06. The molecule has 0 unspecified atom stereocenters. The van der Waals surface area contributed by atoms with Gasteiger partial charge in [-0.15, -0.1) is 0 Å². The number of methoxy groups -OCH3 is 3. The van der Waals surface area contributed by atoms with Crippen molar-refractivity contribution in [1.29, 1.82) is 0 Å². The maximum Gasteiger partial charge on any atom is 0.203 e. The standard InChI is InChI=1S/C18H31N3O3/c1-6-8-12-20-18(19-7-2)21-13-11-14-9-10-15(22-3)17(24-5)16(14)23-4/h9-10H,6-8,11-13H2,1-5H3,(H2,19,20,21). The smallest absolute Gasteiger partial charge is 0.203 e. The Hall–Kier alpha value is -2.11. The van der Waals surface area contributed by atoms with Gasteiger partial charge in [0.05, 0.1) is 21.3 Å². The minimum Gasteiger partial charge on any atom is -0.493 e. The third-order valence-corrected chi connectivity index (χ3v) is 3.60. The number of nitrogens with one attached hydrogen (secondary N) is 2. The van der Waals surface area contributed by atoms with Crippen molar-refractivity contribution < 1.29 is 14.2 Å². The molecule has 0 fully saturated rings. The van der Waals surface area contributed by atoms with Crippen LogP contribution in [0.4, 0.5) is 0 Å². The third-order valence-electron chi connectivity index (χ3n) is 3.60. The molecule has 0 aliphatic rings. The molecule has 6 heteroatoms. The number of nitrogens with zero attached hydrogens (tertiary/aromatic N) is 1. The van der Waals surface area contributed by atoms with E-state index in [1.807, 2.05) is 12.1 Å². The van der Waals surface area contributed by atoms with Gasteiger partial charge in [0.1, 0.15) is 0 Å². The van der Waals surface area contributed by atoms with Gasteiger partial charge in [-0.05, 0) is 25.8 Å².